The van der Waals surface area contributed by atoms with Gasteiger partial charge in [-0.1, -0.05) is 6.92 Å². The summed E-state index contributed by atoms with van der Waals surface area (Å²) in [5.41, 5.74) is 1.12. The first-order valence-electron chi connectivity index (χ1n) is 7.08. The van der Waals surface area contributed by atoms with Gasteiger partial charge in [0.05, 0.1) is 22.7 Å². The SMILES string of the molecule is CCc1csc(CCNC(=O)N2CCCC(C#N)C2)n1. The number of aryl methyl sites for hydroxylation is 1. The van der Waals surface area contributed by atoms with E-state index in [0.717, 1.165) is 42.9 Å². The number of nitriles is 1. The molecular formula is C14H20N4OS. The van der Waals surface area contributed by atoms with Crippen molar-refractivity contribution in [3.05, 3.63) is 16.1 Å². The molecule has 1 aliphatic heterocycles. The Morgan fingerprint density at radius 2 is 2.55 bits per heavy atom. The average Bonchev–Trinajstić information content (AvgIpc) is 2.95. The number of hydrogen-bond donors (Lipinski definition) is 1. The molecule has 1 aromatic rings. The van der Waals surface area contributed by atoms with Crippen LogP contribution in [0.2, 0.25) is 0 Å². The maximum Gasteiger partial charge on any atom is 0.317 e. The fourth-order valence-corrected chi connectivity index (χ4v) is 3.16. The minimum absolute atomic E-state index is 0.0134. The van der Waals surface area contributed by atoms with E-state index in [9.17, 15) is 4.79 Å². The third-order valence-corrected chi connectivity index (χ3v) is 4.43. The topological polar surface area (TPSA) is 69.0 Å². The van der Waals surface area contributed by atoms with E-state index in [1.54, 1.807) is 16.2 Å². The third kappa shape index (κ3) is 3.94. The van der Waals surface area contributed by atoms with Gasteiger partial charge < -0.3 is 10.2 Å². The fourth-order valence-electron chi connectivity index (χ4n) is 2.28. The predicted octanol–water partition coefficient (Wildman–Crippen LogP) is 2.19. The van der Waals surface area contributed by atoms with E-state index in [4.69, 9.17) is 5.26 Å². The van der Waals surface area contributed by atoms with Crippen LogP contribution in [0.5, 0.6) is 0 Å². The maximum absolute atomic E-state index is 12.0. The number of piperidine rings is 1. The lowest BCUT2D eigenvalue weighted by atomic mass is 10.0. The average molecular weight is 292 g/mol. The van der Waals surface area contributed by atoms with Crippen molar-refractivity contribution in [1.82, 2.24) is 15.2 Å². The van der Waals surface area contributed by atoms with E-state index >= 15 is 0 Å². The van der Waals surface area contributed by atoms with E-state index in [2.05, 4.69) is 28.7 Å². The van der Waals surface area contributed by atoms with Crippen LogP contribution in [0, 0.1) is 17.2 Å². The van der Waals surface area contributed by atoms with Gasteiger partial charge >= 0.3 is 6.03 Å². The summed E-state index contributed by atoms with van der Waals surface area (Å²) in [7, 11) is 0. The van der Waals surface area contributed by atoms with Gasteiger partial charge in [0.1, 0.15) is 0 Å². The van der Waals surface area contributed by atoms with E-state index in [-0.39, 0.29) is 11.9 Å². The Labute approximate surface area is 123 Å². The van der Waals surface area contributed by atoms with E-state index in [0.29, 0.717) is 13.1 Å². The Morgan fingerprint density at radius 1 is 1.70 bits per heavy atom. The molecule has 6 heteroatoms. The summed E-state index contributed by atoms with van der Waals surface area (Å²) in [5, 5.41) is 15.0. The second-order valence-corrected chi connectivity index (χ2v) is 5.92. The summed E-state index contributed by atoms with van der Waals surface area (Å²) >= 11 is 1.65. The summed E-state index contributed by atoms with van der Waals surface area (Å²) in [6.07, 6.45) is 3.54. The first kappa shape index (κ1) is 14.8. The molecule has 0 radical (unpaired) electrons. The smallest absolute Gasteiger partial charge is 0.317 e. The van der Waals surface area contributed by atoms with Crippen LogP contribution in [0.3, 0.4) is 0 Å². The number of carbonyl (C=O) groups excluding carboxylic acids is 1. The second-order valence-electron chi connectivity index (χ2n) is 4.98. The molecule has 1 saturated heterocycles. The van der Waals surface area contributed by atoms with Crippen molar-refractivity contribution in [3.8, 4) is 6.07 Å². The minimum Gasteiger partial charge on any atom is -0.338 e. The van der Waals surface area contributed by atoms with Crippen LogP contribution >= 0.6 is 11.3 Å². The van der Waals surface area contributed by atoms with Gasteiger partial charge in [-0.25, -0.2) is 9.78 Å². The highest BCUT2D eigenvalue weighted by molar-refractivity contribution is 7.09. The van der Waals surface area contributed by atoms with E-state index < -0.39 is 0 Å². The predicted molar refractivity (Wildman–Crippen MR) is 78.5 cm³/mol. The van der Waals surface area contributed by atoms with Crippen LogP contribution in [-0.4, -0.2) is 35.5 Å². The zero-order valence-corrected chi connectivity index (χ0v) is 12.6. The van der Waals surface area contributed by atoms with Crippen molar-refractivity contribution in [1.29, 1.82) is 5.26 Å². The van der Waals surface area contributed by atoms with E-state index in [1.807, 2.05) is 0 Å². The molecule has 5 nitrogen and oxygen atoms in total. The highest BCUT2D eigenvalue weighted by atomic mass is 32.1. The Morgan fingerprint density at radius 3 is 3.25 bits per heavy atom. The maximum atomic E-state index is 12.0. The van der Waals surface area contributed by atoms with Crippen LogP contribution in [0.15, 0.2) is 5.38 Å². The highest BCUT2D eigenvalue weighted by Crippen LogP contribution is 2.15. The van der Waals surface area contributed by atoms with Crippen LogP contribution in [0.1, 0.15) is 30.5 Å². The normalized spacial score (nSPS) is 18.6. The fraction of sp³-hybridized carbons (Fsp3) is 0.643. The molecule has 1 fully saturated rings. The molecule has 1 aliphatic rings. The van der Waals surface area contributed by atoms with Gasteiger partial charge in [-0.2, -0.15) is 5.26 Å². The lowest BCUT2D eigenvalue weighted by Crippen LogP contribution is -2.45. The van der Waals surface area contributed by atoms with Crippen molar-refractivity contribution >= 4 is 17.4 Å². The number of thiazole rings is 1. The van der Waals surface area contributed by atoms with Crippen molar-refractivity contribution < 1.29 is 4.79 Å². The molecule has 0 aliphatic carbocycles. The largest absolute Gasteiger partial charge is 0.338 e. The Bertz CT molecular complexity index is 494. The Balaban J connectivity index is 1.73. The van der Waals surface area contributed by atoms with Gasteiger partial charge in [0.15, 0.2) is 0 Å². The molecule has 1 unspecified atom stereocenters. The Kier molecular flexibility index (Phi) is 5.36. The molecule has 2 rings (SSSR count). The van der Waals surface area contributed by atoms with Crippen LogP contribution in [0.4, 0.5) is 4.79 Å². The number of aromatic nitrogens is 1. The van der Waals surface area contributed by atoms with Gasteiger partial charge in [-0.3, -0.25) is 0 Å². The van der Waals surface area contributed by atoms with Gasteiger partial charge in [-0.15, -0.1) is 11.3 Å². The summed E-state index contributed by atoms with van der Waals surface area (Å²) < 4.78 is 0. The Hall–Kier alpha value is -1.61. The number of hydrogen-bond acceptors (Lipinski definition) is 4. The van der Waals surface area contributed by atoms with Gasteiger partial charge in [0.2, 0.25) is 0 Å². The summed E-state index contributed by atoms with van der Waals surface area (Å²) in [4.78, 5) is 18.2. The van der Waals surface area contributed by atoms with Crippen LogP contribution in [-0.2, 0) is 12.8 Å². The standard InChI is InChI=1S/C14H20N4OS/c1-2-12-10-20-13(17-12)5-6-16-14(19)18-7-3-4-11(8-15)9-18/h10-11H,2-7,9H2,1H3,(H,16,19). The first-order valence-corrected chi connectivity index (χ1v) is 7.96. The highest BCUT2D eigenvalue weighted by Gasteiger charge is 2.22. The molecule has 0 spiro atoms. The van der Waals surface area contributed by atoms with Crippen molar-refractivity contribution in [2.75, 3.05) is 19.6 Å². The molecule has 2 heterocycles. The molecule has 108 valence electrons. The van der Waals surface area contributed by atoms with Crippen molar-refractivity contribution in [3.63, 3.8) is 0 Å². The van der Waals surface area contributed by atoms with E-state index in [1.165, 1.54) is 0 Å². The molecule has 2 amide bonds. The van der Waals surface area contributed by atoms with Crippen molar-refractivity contribution in [2.24, 2.45) is 5.92 Å². The van der Waals surface area contributed by atoms with Crippen LogP contribution in [0.25, 0.3) is 0 Å². The molecule has 1 atom stereocenters. The van der Waals surface area contributed by atoms with Gasteiger partial charge in [0, 0.05) is 31.4 Å². The van der Waals surface area contributed by atoms with Crippen LogP contribution < -0.4 is 5.32 Å². The quantitative estimate of drug-likeness (QED) is 0.925. The minimum atomic E-state index is -0.0581. The summed E-state index contributed by atoms with van der Waals surface area (Å²) in [6, 6.07) is 2.19. The molecule has 20 heavy (non-hydrogen) atoms. The molecule has 0 bridgehead atoms. The number of carbonyl (C=O) groups is 1. The van der Waals surface area contributed by atoms with Gasteiger partial charge in [-0.05, 0) is 19.3 Å². The number of likely N-dealkylation sites (tertiary alicyclic amines) is 1. The summed E-state index contributed by atoms with van der Waals surface area (Å²) in [6.45, 7) is 3.99. The zero-order chi connectivity index (χ0) is 14.4. The lowest BCUT2D eigenvalue weighted by Gasteiger charge is -2.29. The number of nitrogens with zero attached hydrogens (tertiary/aromatic N) is 3. The molecule has 0 aromatic carbocycles. The summed E-state index contributed by atoms with van der Waals surface area (Å²) in [5.74, 6) is -0.0134. The van der Waals surface area contributed by atoms with Gasteiger partial charge in [0.25, 0.3) is 0 Å². The second kappa shape index (κ2) is 7.25. The zero-order valence-electron chi connectivity index (χ0n) is 11.8. The molecular weight excluding hydrogens is 272 g/mol. The first-order chi connectivity index (χ1) is 9.72. The van der Waals surface area contributed by atoms with Crippen molar-refractivity contribution in [2.45, 2.75) is 32.6 Å². The third-order valence-electron chi connectivity index (χ3n) is 3.47. The molecule has 0 saturated carbocycles. The molecule has 1 N–H and O–H groups in total. The number of nitrogens with one attached hydrogen (secondary N) is 1. The monoisotopic (exact) mass is 292 g/mol. The number of urea groups is 1. The lowest BCUT2D eigenvalue weighted by molar-refractivity contribution is 0.176. The molecule has 1 aromatic heterocycles. The number of rotatable bonds is 4. The number of amides is 2.